The maximum atomic E-state index is 13.6. The summed E-state index contributed by atoms with van der Waals surface area (Å²) < 4.78 is 0. The molecular weight excluding hydrogens is 390 g/mol. The molecule has 2 heterocycles. The first-order valence-electron chi connectivity index (χ1n) is 11.1. The van der Waals surface area contributed by atoms with Gasteiger partial charge in [-0.05, 0) is 37.5 Å². The average molecular weight is 418 g/mol. The highest BCUT2D eigenvalue weighted by molar-refractivity contribution is 6.07. The number of hydrogen-bond acceptors (Lipinski definition) is 3. The fraction of sp³-hybridized carbons (Fsp3) is 0.400. The number of anilines is 2. The minimum absolute atomic E-state index is 0.00112. The predicted octanol–water partition coefficient (Wildman–Crippen LogP) is 3.36. The van der Waals surface area contributed by atoms with E-state index < -0.39 is 0 Å². The van der Waals surface area contributed by atoms with Crippen molar-refractivity contribution in [2.24, 2.45) is 5.92 Å². The quantitative estimate of drug-likeness (QED) is 0.767. The van der Waals surface area contributed by atoms with Crippen LogP contribution in [0.25, 0.3) is 0 Å². The molecular formula is C25H27N3O3. The zero-order valence-electron chi connectivity index (χ0n) is 17.7. The number of fused-ring (bicyclic) bond motifs is 1. The Hall–Kier alpha value is -3.15. The molecule has 1 aliphatic carbocycles. The molecule has 160 valence electrons. The summed E-state index contributed by atoms with van der Waals surface area (Å²) >= 11 is 0. The molecule has 0 radical (unpaired) electrons. The number of hydrogen-bond donors (Lipinski definition) is 0. The molecule has 3 amide bonds. The van der Waals surface area contributed by atoms with Crippen LogP contribution in [-0.4, -0.2) is 41.2 Å². The molecule has 0 N–H and O–H groups in total. The van der Waals surface area contributed by atoms with E-state index in [1.807, 2.05) is 66.4 Å². The summed E-state index contributed by atoms with van der Waals surface area (Å²) in [5, 5.41) is 0. The highest BCUT2D eigenvalue weighted by atomic mass is 16.2. The fourth-order valence-corrected chi connectivity index (χ4v) is 4.83. The maximum Gasteiger partial charge on any atom is 0.232 e. The van der Waals surface area contributed by atoms with E-state index >= 15 is 0 Å². The minimum atomic E-state index is -0.348. The fourth-order valence-electron chi connectivity index (χ4n) is 4.83. The predicted molar refractivity (Wildman–Crippen MR) is 118 cm³/mol. The molecule has 1 saturated carbocycles. The van der Waals surface area contributed by atoms with E-state index in [0.29, 0.717) is 19.1 Å². The lowest BCUT2D eigenvalue weighted by atomic mass is 10.0. The van der Waals surface area contributed by atoms with Gasteiger partial charge in [0.2, 0.25) is 17.7 Å². The van der Waals surface area contributed by atoms with Crippen molar-refractivity contribution in [2.75, 3.05) is 16.3 Å². The molecule has 3 aliphatic rings. The molecule has 5 rings (SSSR count). The molecule has 2 aliphatic heterocycles. The van der Waals surface area contributed by atoms with Crippen LogP contribution in [0.1, 0.15) is 38.2 Å². The van der Waals surface area contributed by atoms with Crippen molar-refractivity contribution >= 4 is 29.1 Å². The van der Waals surface area contributed by atoms with E-state index in [9.17, 15) is 14.4 Å². The van der Waals surface area contributed by atoms with E-state index in [4.69, 9.17) is 0 Å². The van der Waals surface area contributed by atoms with Gasteiger partial charge in [0.15, 0.2) is 0 Å². The molecule has 6 nitrogen and oxygen atoms in total. The Balaban J connectivity index is 1.47. The van der Waals surface area contributed by atoms with Crippen molar-refractivity contribution in [3.05, 3.63) is 60.2 Å². The largest absolute Gasteiger partial charge is 0.339 e. The molecule has 2 aromatic rings. The van der Waals surface area contributed by atoms with Crippen LogP contribution in [0.4, 0.5) is 11.4 Å². The Labute approximate surface area is 182 Å². The van der Waals surface area contributed by atoms with E-state index in [2.05, 4.69) is 0 Å². The summed E-state index contributed by atoms with van der Waals surface area (Å²) in [5.41, 5.74) is 2.54. The zero-order chi connectivity index (χ0) is 21.5. The molecule has 31 heavy (non-hydrogen) atoms. The first kappa shape index (κ1) is 19.8. The third-order valence-corrected chi connectivity index (χ3v) is 6.56. The Morgan fingerprint density at radius 3 is 2.29 bits per heavy atom. The van der Waals surface area contributed by atoms with Crippen LogP contribution in [0, 0.1) is 5.92 Å². The Morgan fingerprint density at radius 1 is 0.903 bits per heavy atom. The van der Waals surface area contributed by atoms with Crippen molar-refractivity contribution in [3.63, 3.8) is 0 Å². The summed E-state index contributed by atoms with van der Waals surface area (Å²) in [4.78, 5) is 44.7. The molecule has 2 aromatic carbocycles. The SMILES string of the molecule is CC1CC(=O)N(Cc2ccccc2)c2ccccc2N1C(=O)C1CC(=O)N(C2CC2)C1. The van der Waals surface area contributed by atoms with Crippen LogP contribution in [0.15, 0.2) is 54.6 Å². The molecule has 0 bridgehead atoms. The highest BCUT2D eigenvalue weighted by Crippen LogP contribution is 2.39. The molecule has 6 heteroatoms. The van der Waals surface area contributed by atoms with Crippen LogP contribution in [0.3, 0.4) is 0 Å². The van der Waals surface area contributed by atoms with Gasteiger partial charge in [0.25, 0.3) is 0 Å². The molecule has 1 saturated heterocycles. The second kappa shape index (κ2) is 7.84. The standard InChI is InChI=1S/C25H27N3O3/c1-17-13-23(29)27(15-18-7-3-2-4-8-18)21-9-5-6-10-22(21)28(17)25(31)19-14-24(30)26(16-19)20-11-12-20/h2-10,17,19-20H,11-16H2,1H3. The van der Waals surface area contributed by atoms with Gasteiger partial charge < -0.3 is 14.7 Å². The van der Waals surface area contributed by atoms with Crippen LogP contribution in [0.5, 0.6) is 0 Å². The minimum Gasteiger partial charge on any atom is -0.339 e. The third-order valence-electron chi connectivity index (χ3n) is 6.56. The molecule has 2 unspecified atom stereocenters. The lowest BCUT2D eigenvalue weighted by Crippen LogP contribution is -2.43. The molecule has 2 fully saturated rings. The second-order valence-corrected chi connectivity index (χ2v) is 8.89. The normalized spacial score (nSPS) is 23.7. The lowest BCUT2D eigenvalue weighted by Gasteiger charge is -2.30. The summed E-state index contributed by atoms with van der Waals surface area (Å²) in [7, 11) is 0. The summed E-state index contributed by atoms with van der Waals surface area (Å²) in [5.74, 6) is -0.315. The summed E-state index contributed by atoms with van der Waals surface area (Å²) in [6, 6.07) is 17.6. The maximum absolute atomic E-state index is 13.6. The van der Waals surface area contributed by atoms with Gasteiger partial charge in [0.1, 0.15) is 0 Å². The van der Waals surface area contributed by atoms with Crippen LogP contribution < -0.4 is 9.80 Å². The number of carbonyl (C=O) groups excluding carboxylic acids is 3. The summed E-state index contributed by atoms with van der Waals surface area (Å²) in [6.45, 7) is 2.88. The van der Waals surface area contributed by atoms with Gasteiger partial charge in [-0.3, -0.25) is 14.4 Å². The van der Waals surface area contributed by atoms with Gasteiger partial charge >= 0.3 is 0 Å². The van der Waals surface area contributed by atoms with E-state index in [1.54, 1.807) is 9.80 Å². The van der Waals surface area contributed by atoms with Gasteiger partial charge in [-0.25, -0.2) is 0 Å². The van der Waals surface area contributed by atoms with Crippen molar-refractivity contribution in [1.29, 1.82) is 0 Å². The van der Waals surface area contributed by atoms with E-state index in [0.717, 1.165) is 29.8 Å². The van der Waals surface area contributed by atoms with Crippen LogP contribution >= 0.6 is 0 Å². The van der Waals surface area contributed by atoms with Crippen molar-refractivity contribution in [3.8, 4) is 0 Å². The first-order valence-corrected chi connectivity index (χ1v) is 11.1. The lowest BCUT2D eigenvalue weighted by molar-refractivity contribution is -0.129. The van der Waals surface area contributed by atoms with Gasteiger partial charge in [-0.1, -0.05) is 42.5 Å². The highest BCUT2D eigenvalue weighted by Gasteiger charge is 2.45. The number of carbonyl (C=O) groups is 3. The van der Waals surface area contributed by atoms with Crippen LogP contribution in [0.2, 0.25) is 0 Å². The monoisotopic (exact) mass is 417 g/mol. The number of nitrogens with zero attached hydrogens (tertiary/aromatic N) is 3. The van der Waals surface area contributed by atoms with Crippen LogP contribution in [-0.2, 0) is 20.9 Å². The van der Waals surface area contributed by atoms with Gasteiger partial charge in [0.05, 0.1) is 23.8 Å². The van der Waals surface area contributed by atoms with Gasteiger partial charge in [-0.15, -0.1) is 0 Å². The second-order valence-electron chi connectivity index (χ2n) is 8.89. The Kier molecular flexibility index (Phi) is 5.00. The van der Waals surface area contributed by atoms with E-state index in [1.165, 1.54) is 0 Å². The van der Waals surface area contributed by atoms with Crippen molar-refractivity contribution in [1.82, 2.24) is 4.90 Å². The van der Waals surface area contributed by atoms with E-state index in [-0.39, 0.29) is 42.5 Å². The average Bonchev–Trinajstić information content (AvgIpc) is 3.55. The smallest absolute Gasteiger partial charge is 0.232 e. The van der Waals surface area contributed by atoms with Gasteiger partial charge in [-0.2, -0.15) is 0 Å². The number of benzene rings is 2. The van der Waals surface area contributed by atoms with Crippen molar-refractivity contribution < 1.29 is 14.4 Å². The number of amides is 3. The van der Waals surface area contributed by atoms with Crippen molar-refractivity contribution in [2.45, 2.75) is 51.2 Å². The number of rotatable bonds is 4. The number of para-hydroxylation sites is 2. The molecule has 2 atom stereocenters. The summed E-state index contributed by atoms with van der Waals surface area (Å²) in [6.07, 6.45) is 2.60. The third kappa shape index (κ3) is 3.71. The number of likely N-dealkylation sites (tertiary alicyclic amines) is 1. The zero-order valence-corrected chi connectivity index (χ0v) is 17.7. The topological polar surface area (TPSA) is 60.9 Å². The molecule has 0 spiro atoms. The van der Waals surface area contributed by atoms with Gasteiger partial charge in [0, 0.05) is 31.5 Å². The Bertz CT molecular complexity index is 1020. The first-order chi connectivity index (χ1) is 15.0. The molecule has 0 aromatic heterocycles. The Morgan fingerprint density at radius 2 is 1.58 bits per heavy atom.